The Hall–Kier alpha value is -1.24. The molecule has 0 fully saturated rings. The lowest BCUT2D eigenvalue weighted by atomic mass is 10.2. The number of aliphatic carboxylic acids is 1. The minimum atomic E-state index is -4.64. The van der Waals surface area contributed by atoms with Crippen molar-refractivity contribution in [2.75, 3.05) is 0 Å². The number of rotatable bonds is 3. The molecule has 1 aromatic rings. The van der Waals surface area contributed by atoms with Gasteiger partial charge in [-0.05, 0) is 6.92 Å². The van der Waals surface area contributed by atoms with Crippen molar-refractivity contribution < 1.29 is 23.1 Å². The lowest BCUT2D eigenvalue weighted by Crippen LogP contribution is -2.19. The summed E-state index contributed by atoms with van der Waals surface area (Å²) in [6, 6.07) is 0. The predicted molar refractivity (Wildman–Crippen MR) is 53.8 cm³/mol. The summed E-state index contributed by atoms with van der Waals surface area (Å²) >= 11 is 5.51. The van der Waals surface area contributed by atoms with Crippen LogP contribution in [0.4, 0.5) is 13.2 Å². The van der Waals surface area contributed by atoms with Crippen LogP contribution in [0.1, 0.15) is 18.3 Å². The number of nitrogens with zero attached hydrogens (tertiary/aromatic N) is 2. The summed E-state index contributed by atoms with van der Waals surface area (Å²) in [4.78, 5) is 10.6. The average molecular weight is 271 g/mol. The van der Waals surface area contributed by atoms with Crippen LogP contribution in [0, 0.1) is 12.8 Å². The quantitative estimate of drug-likeness (QED) is 0.918. The third-order valence-electron chi connectivity index (χ3n) is 2.27. The molecule has 0 aliphatic rings. The summed E-state index contributed by atoms with van der Waals surface area (Å²) in [7, 11) is 0. The summed E-state index contributed by atoms with van der Waals surface area (Å²) in [5.41, 5.74) is -1.08. The van der Waals surface area contributed by atoms with Crippen molar-refractivity contribution in [2.24, 2.45) is 5.92 Å². The zero-order valence-corrected chi connectivity index (χ0v) is 9.80. The third kappa shape index (κ3) is 2.91. The van der Waals surface area contributed by atoms with E-state index in [4.69, 9.17) is 16.7 Å². The van der Waals surface area contributed by atoms with Crippen LogP contribution in [0.5, 0.6) is 0 Å². The molecule has 17 heavy (non-hydrogen) atoms. The lowest BCUT2D eigenvalue weighted by molar-refractivity contribution is -0.141. The number of alkyl halides is 3. The lowest BCUT2D eigenvalue weighted by Gasteiger charge is -2.07. The molecule has 1 heterocycles. The summed E-state index contributed by atoms with van der Waals surface area (Å²) in [6.07, 6.45) is -4.64. The SMILES string of the molecule is Cc1c(Cl)c(C(F)(F)F)nn1CC(C)C(=O)O. The van der Waals surface area contributed by atoms with Crippen molar-refractivity contribution in [2.45, 2.75) is 26.6 Å². The van der Waals surface area contributed by atoms with Crippen LogP contribution in [-0.4, -0.2) is 20.9 Å². The molecule has 8 heteroatoms. The van der Waals surface area contributed by atoms with Crippen LogP contribution in [0.25, 0.3) is 0 Å². The van der Waals surface area contributed by atoms with E-state index in [2.05, 4.69) is 5.10 Å². The first kappa shape index (κ1) is 13.8. The molecular formula is C9H10ClF3N2O2. The van der Waals surface area contributed by atoms with Crippen LogP contribution >= 0.6 is 11.6 Å². The Bertz CT molecular complexity index is 442. The Morgan fingerprint density at radius 3 is 2.47 bits per heavy atom. The van der Waals surface area contributed by atoms with Crippen molar-refractivity contribution in [3.8, 4) is 0 Å². The molecular weight excluding hydrogens is 261 g/mol. The normalized spacial score (nSPS) is 13.8. The zero-order chi connectivity index (χ0) is 13.4. The van der Waals surface area contributed by atoms with Gasteiger partial charge in [0.15, 0.2) is 5.69 Å². The molecule has 0 spiro atoms. The standard InChI is InChI=1S/C9H10ClF3N2O2/c1-4(8(16)17)3-15-5(2)6(10)7(14-15)9(11,12)13/h4H,3H2,1-2H3,(H,16,17). The summed E-state index contributed by atoms with van der Waals surface area (Å²) < 4.78 is 38.3. The van der Waals surface area contributed by atoms with Crippen LogP contribution in [0.15, 0.2) is 0 Å². The molecule has 96 valence electrons. The zero-order valence-electron chi connectivity index (χ0n) is 9.05. The van der Waals surface area contributed by atoms with Gasteiger partial charge in [0.05, 0.1) is 23.2 Å². The molecule has 0 saturated heterocycles. The van der Waals surface area contributed by atoms with Crippen molar-refractivity contribution in [1.82, 2.24) is 9.78 Å². The Morgan fingerprint density at radius 2 is 2.12 bits per heavy atom. The molecule has 0 bridgehead atoms. The van der Waals surface area contributed by atoms with E-state index in [1.165, 1.54) is 13.8 Å². The van der Waals surface area contributed by atoms with E-state index in [0.717, 1.165) is 4.68 Å². The number of carbonyl (C=O) groups is 1. The highest BCUT2D eigenvalue weighted by Gasteiger charge is 2.38. The van der Waals surface area contributed by atoms with E-state index < -0.39 is 28.8 Å². The fraction of sp³-hybridized carbons (Fsp3) is 0.556. The summed E-state index contributed by atoms with van der Waals surface area (Å²) in [5.74, 6) is -1.95. The molecule has 0 radical (unpaired) electrons. The van der Waals surface area contributed by atoms with Crippen molar-refractivity contribution in [3.05, 3.63) is 16.4 Å². The Kier molecular flexibility index (Phi) is 3.71. The molecule has 0 aliphatic carbocycles. The summed E-state index contributed by atoms with van der Waals surface area (Å²) in [5, 5.41) is 11.5. The molecule has 0 aromatic carbocycles. The highest BCUT2D eigenvalue weighted by molar-refractivity contribution is 6.31. The fourth-order valence-corrected chi connectivity index (χ4v) is 1.46. The highest BCUT2D eigenvalue weighted by Crippen LogP contribution is 2.35. The number of aromatic nitrogens is 2. The first-order valence-corrected chi connectivity index (χ1v) is 5.05. The topological polar surface area (TPSA) is 55.1 Å². The molecule has 0 aliphatic heterocycles. The van der Waals surface area contributed by atoms with Crippen LogP contribution in [0.2, 0.25) is 5.02 Å². The van der Waals surface area contributed by atoms with E-state index in [1.807, 2.05) is 0 Å². The van der Waals surface area contributed by atoms with Gasteiger partial charge in [-0.1, -0.05) is 18.5 Å². The monoisotopic (exact) mass is 270 g/mol. The van der Waals surface area contributed by atoms with Crippen molar-refractivity contribution >= 4 is 17.6 Å². The van der Waals surface area contributed by atoms with Gasteiger partial charge >= 0.3 is 12.1 Å². The predicted octanol–water partition coefficient (Wildman–Crippen LogP) is 2.58. The minimum Gasteiger partial charge on any atom is -0.481 e. The second-order valence-electron chi connectivity index (χ2n) is 3.67. The molecule has 1 rings (SSSR count). The first-order chi connectivity index (χ1) is 7.64. The fourth-order valence-electron chi connectivity index (χ4n) is 1.22. The number of hydrogen-bond acceptors (Lipinski definition) is 2. The molecule has 0 saturated carbocycles. The smallest absolute Gasteiger partial charge is 0.436 e. The van der Waals surface area contributed by atoms with Gasteiger partial charge in [-0.25, -0.2) is 0 Å². The van der Waals surface area contributed by atoms with Gasteiger partial charge in [-0.3, -0.25) is 9.48 Å². The van der Waals surface area contributed by atoms with Gasteiger partial charge in [0, 0.05) is 0 Å². The van der Waals surface area contributed by atoms with E-state index >= 15 is 0 Å². The molecule has 1 unspecified atom stereocenters. The van der Waals surface area contributed by atoms with Crippen LogP contribution in [0.3, 0.4) is 0 Å². The highest BCUT2D eigenvalue weighted by atomic mass is 35.5. The molecule has 1 N–H and O–H groups in total. The van der Waals surface area contributed by atoms with Gasteiger partial charge in [-0.15, -0.1) is 0 Å². The van der Waals surface area contributed by atoms with E-state index in [0.29, 0.717) is 0 Å². The molecule has 1 aromatic heterocycles. The van der Waals surface area contributed by atoms with Crippen molar-refractivity contribution in [3.63, 3.8) is 0 Å². The van der Waals surface area contributed by atoms with Crippen LogP contribution in [-0.2, 0) is 17.5 Å². The largest absolute Gasteiger partial charge is 0.481 e. The number of hydrogen-bond donors (Lipinski definition) is 1. The number of carboxylic acid groups (broad SMARTS) is 1. The van der Waals surface area contributed by atoms with Gasteiger partial charge < -0.3 is 5.11 Å². The Morgan fingerprint density at radius 1 is 1.59 bits per heavy atom. The Balaban J connectivity index is 3.08. The van der Waals surface area contributed by atoms with Gasteiger partial charge in [0.1, 0.15) is 0 Å². The number of carboxylic acids is 1. The van der Waals surface area contributed by atoms with Gasteiger partial charge in [0.2, 0.25) is 0 Å². The maximum Gasteiger partial charge on any atom is 0.436 e. The average Bonchev–Trinajstić information content (AvgIpc) is 2.45. The molecule has 0 amide bonds. The van der Waals surface area contributed by atoms with Gasteiger partial charge in [-0.2, -0.15) is 18.3 Å². The molecule has 1 atom stereocenters. The Labute approximate surface area is 100.0 Å². The van der Waals surface area contributed by atoms with E-state index in [1.54, 1.807) is 0 Å². The molecule has 4 nitrogen and oxygen atoms in total. The summed E-state index contributed by atoms with van der Waals surface area (Å²) in [6.45, 7) is 2.58. The van der Waals surface area contributed by atoms with E-state index in [-0.39, 0.29) is 12.2 Å². The first-order valence-electron chi connectivity index (χ1n) is 4.67. The third-order valence-corrected chi connectivity index (χ3v) is 2.72. The van der Waals surface area contributed by atoms with Gasteiger partial charge in [0.25, 0.3) is 0 Å². The maximum atomic E-state index is 12.5. The van der Waals surface area contributed by atoms with Crippen LogP contribution < -0.4 is 0 Å². The van der Waals surface area contributed by atoms with Crippen molar-refractivity contribution in [1.29, 1.82) is 0 Å². The minimum absolute atomic E-state index is 0.104. The second-order valence-corrected chi connectivity index (χ2v) is 4.05. The second kappa shape index (κ2) is 4.56. The maximum absolute atomic E-state index is 12.5. The van der Waals surface area contributed by atoms with E-state index in [9.17, 15) is 18.0 Å². The number of halogens is 4.